The van der Waals surface area contributed by atoms with Gasteiger partial charge in [0.05, 0.1) is 17.4 Å². The lowest BCUT2D eigenvalue weighted by Crippen LogP contribution is -2.45. The predicted molar refractivity (Wildman–Crippen MR) is 132 cm³/mol. The summed E-state index contributed by atoms with van der Waals surface area (Å²) < 4.78 is 25.1. The van der Waals surface area contributed by atoms with Crippen LogP contribution in [0.3, 0.4) is 0 Å². The van der Waals surface area contributed by atoms with Gasteiger partial charge in [-0.2, -0.15) is 0 Å². The van der Waals surface area contributed by atoms with Crippen LogP contribution in [0.1, 0.15) is 49.5 Å². The van der Waals surface area contributed by atoms with Gasteiger partial charge in [0.15, 0.2) is 21.4 Å². The molecule has 0 aliphatic carbocycles. The summed E-state index contributed by atoms with van der Waals surface area (Å²) in [5.74, 6) is -0.512. The summed E-state index contributed by atoms with van der Waals surface area (Å²) in [7, 11) is -3.20. The van der Waals surface area contributed by atoms with E-state index in [1.807, 2.05) is 49.4 Å². The van der Waals surface area contributed by atoms with Crippen LogP contribution in [0.15, 0.2) is 66.9 Å². The van der Waals surface area contributed by atoms with Crippen molar-refractivity contribution in [1.82, 2.24) is 10.3 Å². The lowest BCUT2D eigenvalue weighted by molar-refractivity contribution is 0.0891. The molecule has 0 spiro atoms. The molecule has 1 aliphatic rings. The number of nitrogens with zero attached hydrogens (tertiary/aromatic N) is 1. The van der Waals surface area contributed by atoms with E-state index in [1.165, 1.54) is 0 Å². The maximum absolute atomic E-state index is 13.1. The van der Waals surface area contributed by atoms with E-state index in [-0.39, 0.29) is 29.4 Å². The lowest BCUT2D eigenvalue weighted by atomic mass is 9.94. The number of benzene rings is 2. The number of Topliss-reactive ketones (excluding diaryl/α,β-unsaturated/α-hetero) is 2. The molecule has 2 heterocycles. The number of pyridine rings is 1. The summed E-state index contributed by atoms with van der Waals surface area (Å²) in [5.41, 5.74) is 4.38. The van der Waals surface area contributed by atoms with Crippen molar-refractivity contribution < 1.29 is 18.0 Å². The van der Waals surface area contributed by atoms with Crippen LogP contribution in [0, 0.1) is 6.92 Å². The smallest absolute Gasteiger partial charge is 0.188 e. The molecule has 1 atom stereocenters. The summed E-state index contributed by atoms with van der Waals surface area (Å²) in [5, 5.41) is 2.62. The molecule has 0 amide bonds. The Kier molecular flexibility index (Phi) is 7.34. The van der Waals surface area contributed by atoms with E-state index in [1.54, 1.807) is 24.4 Å². The highest BCUT2D eigenvalue weighted by Crippen LogP contribution is 2.21. The SMILES string of the molecule is Cc1ccnc(C(=O)CC(=O)c2cc(Cc3ccccc3)cc(CC3CNCCS3(=O)=O)c2)c1. The van der Waals surface area contributed by atoms with Crippen molar-refractivity contribution in [1.29, 1.82) is 0 Å². The second-order valence-corrected chi connectivity index (χ2v) is 11.2. The Labute approximate surface area is 200 Å². The third-order valence-electron chi connectivity index (χ3n) is 6.05. The standard InChI is InChI=1S/C27H28N2O4S/c1-19-7-8-29-25(11-19)27(31)17-26(30)23-14-21(12-20-5-3-2-4-6-20)13-22(15-23)16-24-18-28-9-10-34(24,32)33/h2-8,11,13-15,24,28H,9-10,12,16-18H2,1H3. The first kappa shape index (κ1) is 24.0. The Morgan fingerprint density at radius 3 is 2.47 bits per heavy atom. The highest BCUT2D eigenvalue weighted by molar-refractivity contribution is 7.92. The third-order valence-corrected chi connectivity index (χ3v) is 8.18. The van der Waals surface area contributed by atoms with E-state index in [9.17, 15) is 18.0 Å². The Bertz CT molecular complexity index is 1300. The van der Waals surface area contributed by atoms with E-state index in [0.29, 0.717) is 31.5 Å². The van der Waals surface area contributed by atoms with Gasteiger partial charge >= 0.3 is 0 Å². The average molecular weight is 477 g/mol. The van der Waals surface area contributed by atoms with E-state index in [2.05, 4.69) is 10.3 Å². The molecule has 176 valence electrons. The Balaban J connectivity index is 1.62. The second kappa shape index (κ2) is 10.4. The van der Waals surface area contributed by atoms with Gasteiger partial charge in [-0.15, -0.1) is 0 Å². The van der Waals surface area contributed by atoms with Crippen LogP contribution in [-0.4, -0.2) is 49.1 Å². The van der Waals surface area contributed by atoms with E-state index < -0.39 is 15.1 Å². The Morgan fingerprint density at radius 2 is 1.74 bits per heavy atom. The van der Waals surface area contributed by atoms with Gasteiger partial charge in [-0.3, -0.25) is 14.6 Å². The van der Waals surface area contributed by atoms with Crippen molar-refractivity contribution in [3.63, 3.8) is 0 Å². The number of carbonyl (C=O) groups excluding carboxylic acids is 2. The van der Waals surface area contributed by atoms with E-state index in [4.69, 9.17) is 0 Å². The number of carbonyl (C=O) groups is 2. The largest absolute Gasteiger partial charge is 0.314 e. The summed E-state index contributed by atoms with van der Waals surface area (Å²) in [6.07, 6.45) is 2.21. The zero-order valence-corrected chi connectivity index (χ0v) is 20.0. The molecule has 1 aromatic heterocycles. The Hall–Kier alpha value is -3.16. The molecule has 0 saturated carbocycles. The molecule has 7 heteroatoms. The van der Waals surface area contributed by atoms with Crippen molar-refractivity contribution in [3.05, 3.63) is 100 Å². The minimum absolute atomic E-state index is 0.116. The van der Waals surface area contributed by atoms with Crippen molar-refractivity contribution in [2.24, 2.45) is 0 Å². The fourth-order valence-electron chi connectivity index (χ4n) is 4.24. The predicted octanol–water partition coefficient (Wildman–Crippen LogP) is 3.37. The van der Waals surface area contributed by atoms with Crippen molar-refractivity contribution in [2.75, 3.05) is 18.8 Å². The Morgan fingerprint density at radius 1 is 0.971 bits per heavy atom. The fourth-order valence-corrected chi connectivity index (χ4v) is 5.82. The molecule has 1 fully saturated rings. The molecule has 1 unspecified atom stereocenters. The van der Waals surface area contributed by atoms with Crippen LogP contribution in [0.2, 0.25) is 0 Å². The van der Waals surface area contributed by atoms with E-state index in [0.717, 1.165) is 22.3 Å². The minimum atomic E-state index is -3.20. The topological polar surface area (TPSA) is 93.2 Å². The van der Waals surface area contributed by atoms with Gasteiger partial charge in [0.25, 0.3) is 0 Å². The van der Waals surface area contributed by atoms with Gasteiger partial charge in [-0.1, -0.05) is 36.4 Å². The van der Waals surface area contributed by atoms with Gasteiger partial charge in [-0.25, -0.2) is 8.42 Å². The van der Waals surface area contributed by atoms with Crippen molar-refractivity contribution in [2.45, 2.75) is 31.4 Å². The molecule has 1 saturated heterocycles. The summed E-state index contributed by atoms with van der Waals surface area (Å²) in [6.45, 7) is 2.73. The monoisotopic (exact) mass is 476 g/mol. The fraction of sp³-hybridized carbons (Fsp3) is 0.296. The van der Waals surface area contributed by atoms with Crippen LogP contribution >= 0.6 is 0 Å². The molecule has 1 N–H and O–H groups in total. The first-order valence-corrected chi connectivity index (χ1v) is 13.1. The van der Waals surface area contributed by atoms with Gasteiger partial charge < -0.3 is 5.32 Å². The number of ketones is 2. The molecule has 0 bridgehead atoms. The zero-order valence-electron chi connectivity index (χ0n) is 19.2. The van der Waals surface area contributed by atoms with Crippen LogP contribution in [-0.2, 0) is 22.7 Å². The third kappa shape index (κ3) is 6.04. The molecular formula is C27H28N2O4S. The zero-order chi connectivity index (χ0) is 24.1. The second-order valence-electron chi connectivity index (χ2n) is 8.84. The summed E-state index contributed by atoms with van der Waals surface area (Å²) in [6, 6.07) is 18.9. The average Bonchev–Trinajstić information content (AvgIpc) is 2.81. The van der Waals surface area contributed by atoms with Gasteiger partial charge in [0, 0.05) is 24.8 Å². The van der Waals surface area contributed by atoms with Gasteiger partial charge in [0.1, 0.15) is 5.69 Å². The number of nitrogens with one attached hydrogen (secondary N) is 1. The molecule has 3 aromatic rings. The summed E-state index contributed by atoms with van der Waals surface area (Å²) >= 11 is 0. The number of sulfone groups is 1. The summed E-state index contributed by atoms with van der Waals surface area (Å²) in [4.78, 5) is 29.9. The van der Waals surface area contributed by atoms with Gasteiger partial charge in [0.2, 0.25) is 0 Å². The highest BCUT2D eigenvalue weighted by atomic mass is 32.2. The van der Waals surface area contributed by atoms with Crippen LogP contribution in [0.5, 0.6) is 0 Å². The van der Waals surface area contributed by atoms with E-state index >= 15 is 0 Å². The molecule has 1 aliphatic heterocycles. The maximum Gasteiger partial charge on any atom is 0.188 e. The van der Waals surface area contributed by atoms with Crippen LogP contribution in [0.25, 0.3) is 0 Å². The van der Waals surface area contributed by atoms with Crippen molar-refractivity contribution >= 4 is 21.4 Å². The quantitative estimate of drug-likeness (QED) is 0.396. The molecule has 4 rings (SSSR count). The maximum atomic E-state index is 13.1. The van der Waals surface area contributed by atoms with Crippen molar-refractivity contribution in [3.8, 4) is 0 Å². The van der Waals surface area contributed by atoms with Crippen LogP contribution in [0.4, 0.5) is 0 Å². The number of hydrogen-bond donors (Lipinski definition) is 1. The molecule has 34 heavy (non-hydrogen) atoms. The molecule has 2 aromatic carbocycles. The highest BCUT2D eigenvalue weighted by Gasteiger charge is 2.29. The number of aryl methyl sites for hydroxylation is 1. The normalized spacial score (nSPS) is 17.3. The first-order chi connectivity index (χ1) is 16.3. The number of hydrogen-bond acceptors (Lipinski definition) is 6. The first-order valence-electron chi connectivity index (χ1n) is 11.4. The molecular weight excluding hydrogens is 448 g/mol. The minimum Gasteiger partial charge on any atom is -0.314 e. The van der Waals surface area contributed by atoms with Gasteiger partial charge in [-0.05, 0) is 66.3 Å². The van der Waals surface area contributed by atoms with Crippen LogP contribution < -0.4 is 5.32 Å². The lowest BCUT2D eigenvalue weighted by Gasteiger charge is -2.23. The molecule has 0 radical (unpaired) electrons. The number of aromatic nitrogens is 1. The number of rotatable bonds is 8. The molecule has 6 nitrogen and oxygen atoms in total.